The highest BCUT2D eigenvalue weighted by molar-refractivity contribution is 9.11. The molecule has 1 heterocycles. The standard InChI is InChI=1S/C15H9Br2NO2S/c16-14-8-11(9-15(17)18-14)21(19,20)13-7-3-5-10-4-1-2-6-12(10)13/h1-9H. The fraction of sp³-hybridized carbons (Fsp3) is 0. The number of sulfone groups is 1. The second-order valence-corrected chi connectivity index (χ2v) is 7.97. The van der Waals surface area contributed by atoms with E-state index in [4.69, 9.17) is 0 Å². The average Bonchev–Trinajstić information content (AvgIpc) is 2.45. The molecule has 0 aliphatic rings. The molecule has 3 nitrogen and oxygen atoms in total. The summed E-state index contributed by atoms with van der Waals surface area (Å²) in [7, 11) is -3.61. The summed E-state index contributed by atoms with van der Waals surface area (Å²) in [6.07, 6.45) is 0. The lowest BCUT2D eigenvalue weighted by Crippen LogP contribution is -2.03. The van der Waals surface area contributed by atoms with Crippen LogP contribution in [-0.4, -0.2) is 13.4 Å². The minimum absolute atomic E-state index is 0.201. The molecular formula is C15H9Br2NO2S. The van der Waals surface area contributed by atoms with E-state index >= 15 is 0 Å². The normalized spacial score (nSPS) is 11.7. The number of halogens is 2. The Bertz CT molecular complexity index is 914. The van der Waals surface area contributed by atoms with Crippen molar-refractivity contribution >= 4 is 52.5 Å². The number of nitrogens with zero attached hydrogens (tertiary/aromatic N) is 1. The third-order valence-corrected chi connectivity index (χ3v) is 5.69. The third-order valence-electron chi connectivity index (χ3n) is 3.09. The van der Waals surface area contributed by atoms with Crippen LogP contribution in [0.5, 0.6) is 0 Å². The van der Waals surface area contributed by atoms with Gasteiger partial charge in [0.15, 0.2) is 0 Å². The summed E-state index contributed by atoms with van der Waals surface area (Å²) in [6, 6.07) is 15.7. The van der Waals surface area contributed by atoms with Gasteiger partial charge in [-0.15, -0.1) is 0 Å². The second-order valence-electron chi connectivity index (χ2n) is 4.43. The predicted octanol–water partition coefficient (Wildman–Crippen LogP) is 4.59. The van der Waals surface area contributed by atoms with Gasteiger partial charge in [-0.3, -0.25) is 0 Å². The lowest BCUT2D eigenvalue weighted by molar-refractivity contribution is 0.596. The van der Waals surface area contributed by atoms with Crippen molar-refractivity contribution in [3.63, 3.8) is 0 Å². The van der Waals surface area contributed by atoms with Crippen LogP contribution in [0, 0.1) is 0 Å². The van der Waals surface area contributed by atoms with E-state index in [0.29, 0.717) is 19.5 Å². The lowest BCUT2D eigenvalue weighted by Gasteiger charge is -2.09. The molecule has 3 rings (SSSR count). The molecule has 0 amide bonds. The summed E-state index contributed by atoms with van der Waals surface area (Å²) in [5.41, 5.74) is 0. The topological polar surface area (TPSA) is 47.0 Å². The van der Waals surface area contributed by atoms with E-state index in [-0.39, 0.29) is 4.90 Å². The van der Waals surface area contributed by atoms with Gasteiger partial charge in [-0.05, 0) is 55.4 Å². The first-order valence-corrected chi connectivity index (χ1v) is 9.11. The zero-order valence-corrected chi connectivity index (χ0v) is 14.6. The lowest BCUT2D eigenvalue weighted by atomic mass is 10.1. The molecule has 0 aliphatic heterocycles. The molecule has 0 spiro atoms. The van der Waals surface area contributed by atoms with Crippen LogP contribution in [0.15, 0.2) is 73.6 Å². The van der Waals surface area contributed by atoms with Gasteiger partial charge < -0.3 is 0 Å². The zero-order chi connectivity index (χ0) is 15.0. The first kappa shape index (κ1) is 14.7. The van der Waals surface area contributed by atoms with Gasteiger partial charge >= 0.3 is 0 Å². The number of fused-ring (bicyclic) bond motifs is 1. The van der Waals surface area contributed by atoms with Gasteiger partial charge in [0.2, 0.25) is 9.84 Å². The fourth-order valence-electron chi connectivity index (χ4n) is 2.16. The first-order chi connectivity index (χ1) is 9.98. The highest BCUT2D eigenvalue weighted by Gasteiger charge is 2.21. The highest BCUT2D eigenvalue weighted by atomic mass is 79.9. The van der Waals surface area contributed by atoms with Gasteiger partial charge in [0, 0.05) is 5.39 Å². The molecule has 0 atom stereocenters. The maximum absolute atomic E-state index is 12.9. The van der Waals surface area contributed by atoms with Crippen LogP contribution in [0.2, 0.25) is 0 Å². The number of rotatable bonds is 2. The van der Waals surface area contributed by atoms with E-state index in [0.717, 1.165) is 5.39 Å². The Kier molecular flexibility index (Phi) is 3.86. The number of benzene rings is 2. The van der Waals surface area contributed by atoms with Crippen molar-refractivity contribution in [1.29, 1.82) is 0 Å². The number of aromatic nitrogens is 1. The average molecular weight is 427 g/mol. The van der Waals surface area contributed by atoms with Gasteiger partial charge in [-0.25, -0.2) is 13.4 Å². The minimum atomic E-state index is -3.61. The molecule has 0 bridgehead atoms. The van der Waals surface area contributed by atoms with E-state index in [1.165, 1.54) is 12.1 Å². The van der Waals surface area contributed by atoms with E-state index in [1.54, 1.807) is 12.1 Å². The van der Waals surface area contributed by atoms with Gasteiger partial charge in [0.05, 0.1) is 9.79 Å². The number of hydrogen-bond acceptors (Lipinski definition) is 3. The Morgan fingerprint density at radius 1 is 0.857 bits per heavy atom. The molecule has 6 heteroatoms. The summed E-state index contributed by atoms with van der Waals surface area (Å²) < 4.78 is 26.7. The molecule has 1 aromatic heterocycles. The predicted molar refractivity (Wildman–Crippen MR) is 89.0 cm³/mol. The SMILES string of the molecule is O=S(=O)(c1cc(Br)nc(Br)c1)c1cccc2ccccc12. The van der Waals surface area contributed by atoms with Crippen molar-refractivity contribution < 1.29 is 8.42 Å². The van der Waals surface area contributed by atoms with Crippen molar-refractivity contribution in [3.05, 3.63) is 63.8 Å². The van der Waals surface area contributed by atoms with Gasteiger partial charge in [0.25, 0.3) is 0 Å². The van der Waals surface area contributed by atoms with Crippen molar-refractivity contribution in [2.45, 2.75) is 9.79 Å². The van der Waals surface area contributed by atoms with Crippen LogP contribution in [0.1, 0.15) is 0 Å². The van der Waals surface area contributed by atoms with Crippen LogP contribution in [0.3, 0.4) is 0 Å². The smallest absolute Gasteiger partial charge is 0.207 e. The monoisotopic (exact) mass is 425 g/mol. The number of pyridine rings is 1. The van der Waals surface area contributed by atoms with Crippen LogP contribution in [0.25, 0.3) is 10.8 Å². The molecule has 0 radical (unpaired) electrons. The van der Waals surface area contributed by atoms with Gasteiger partial charge in [-0.2, -0.15) is 0 Å². The molecule has 0 N–H and O–H groups in total. The molecule has 2 aromatic carbocycles. The molecule has 0 unspecified atom stereocenters. The van der Waals surface area contributed by atoms with Crippen molar-refractivity contribution in [1.82, 2.24) is 4.98 Å². The minimum Gasteiger partial charge on any atom is -0.234 e. The van der Waals surface area contributed by atoms with E-state index in [1.807, 2.05) is 30.3 Å². The van der Waals surface area contributed by atoms with Crippen LogP contribution < -0.4 is 0 Å². The third kappa shape index (κ3) is 2.75. The fourth-order valence-corrected chi connectivity index (χ4v) is 5.09. The maximum Gasteiger partial charge on any atom is 0.207 e. The number of hydrogen-bond donors (Lipinski definition) is 0. The molecule has 106 valence electrons. The first-order valence-electron chi connectivity index (χ1n) is 6.04. The summed E-state index contributed by atoms with van der Waals surface area (Å²) in [5.74, 6) is 0. The van der Waals surface area contributed by atoms with Gasteiger partial charge in [-0.1, -0.05) is 36.4 Å². The largest absolute Gasteiger partial charge is 0.234 e. The Morgan fingerprint density at radius 2 is 1.48 bits per heavy atom. The van der Waals surface area contributed by atoms with Crippen molar-refractivity contribution in [2.75, 3.05) is 0 Å². The Balaban J connectivity index is 2.30. The van der Waals surface area contributed by atoms with Crippen LogP contribution in [0.4, 0.5) is 0 Å². The van der Waals surface area contributed by atoms with Crippen LogP contribution in [-0.2, 0) is 9.84 Å². The highest BCUT2D eigenvalue weighted by Crippen LogP contribution is 2.30. The van der Waals surface area contributed by atoms with E-state index < -0.39 is 9.84 Å². The van der Waals surface area contributed by atoms with Crippen LogP contribution >= 0.6 is 31.9 Å². The Labute approximate surface area is 139 Å². The van der Waals surface area contributed by atoms with E-state index in [9.17, 15) is 8.42 Å². The molecule has 0 aliphatic carbocycles. The van der Waals surface area contributed by atoms with Crippen molar-refractivity contribution in [2.24, 2.45) is 0 Å². The molecule has 0 saturated heterocycles. The summed E-state index contributed by atoms with van der Waals surface area (Å²) in [4.78, 5) is 4.57. The Hall–Kier alpha value is -1.24. The zero-order valence-electron chi connectivity index (χ0n) is 10.6. The summed E-state index contributed by atoms with van der Waals surface area (Å²) >= 11 is 6.44. The molecule has 21 heavy (non-hydrogen) atoms. The van der Waals surface area contributed by atoms with E-state index in [2.05, 4.69) is 36.8 Å². The Morgan fingerprint density at radius 3 is 2.19 bits per heavy atom. The van der Waals surface area contributed by atoms with Crippen molar-refractivity contribution in [3.8, 4) is 0 Å². The molecular weight excluding hydrogens is 418 g/mol. The second kappa shape index (κ2) is 5.51. The quantitative estimate of drug-likeness (QED) is 0.563. The maximum atomic E-state index is 12.9. The molecule has 3 aromatic rings. The summed E-state index contributed by atoms with van der Waals surface area (Å²) in [5, 5.41) is 1.61. The molecule has 0 saturated carbocycles. The van der Waals surface area contributed by atoms with Gasteiger partial charge in [0.1, 0.15) is 9.21 Å². The molecule has 0 fully saturated rings. The summed E-state index contributed by atoms with van der Waals surface area (Å²) in [6.45, 7) is 0.